The zero-order valence-electron chi connectivity index (χ0n) is 18.1. The smallest absolute Gasteiger partial charge is 0.419 e. The zero-order valence-corrected chi connectivity index (χ0v) is 20.5. The summed E-state index contributed by atoms with van der Waals surface area (Å²) >= 11 is 6.80. The SMILES string of the molecule is O=C(NCc1cccc(Oc2ccccc2C(F)(F)F)c1)[C@@H]1CCCN1S(=O)(=O)c1ccc(Cl)s1. The number of carbonyl (C=O) groups is 1. The minimum Gasteiger partial charge on any atom is -0.457 e. The minimum atomic E-state index is -4.57. The summed E-state index contributed by atoms with van der Waals surface area (Å²) in [4.78, 5) is 12.8. The monoisotopic (exact) mass is 544 g/mol. The first kappa shape index (κ1) is 25.5. The van der Waals surface area contributed by atoms with Crippen LogP contribution in [0.5, 0.6) is 11.5 Å². The highest BCUT2D eigenvalue weighted by molar-refractivity contribution is 7.91. The Labute approximate surface area is 209 Å². The Morgan fingerprint density at radius 2 is 1.91 bits per heavy atom. The second-order valence-electron chi connectivity index (χ2n) is 7.79. The lowest BCUT2D eigenvalue weighted by Crippen LogP contribution is -2.45. The quantitative estimate of drug-likeness (QED) is 0.415. The number of rotatable bonds is 7. The Hall–Kier alpha value is -2.60. The van der Waals surface area contributed by atoms with Crippen molar-refractivity contribution in [3.8, 4) is 11.5 Å². The summed E-state index contributed by atoms with van der Waals surface area (Å²) in [7, 11) is -3.86. The van der Waals surface area contributed by atoms with Gasteiger partial charge in [0.1, 0.15) is 21.8 Å². The van der Waals surface area contributed by atoms with E-state index in [2.05, 4.69) is 5.32 Å². The predicted octanol–water partition coefficient (Wildman–Crippen LogP) is 5.68. The van der Waals surface area contributed by atoms with E-state index in [0.717, 1.165) is 17.4 Å². The number of hydrogen-bond donors (Lipinski definition) is 1. The number of amides is 1. The van der Waals surface area contributed by atoms with Crippen molar-refractivity contribution in [2.24, 2.45) is 0 Å². The van der Waals surface area contributed by atoms with E-state index in [1.165, 1.54) is 46.8 Å². The summed E-state index contributed by atoms with van der Waals surface area (Å²) in [5.74, 6) is -0.614. The second-order valence-corrected chi connectivity index (χ2v) is 11.6. The van der Waals surface area contributed by atoms with Crippen LogP contribution in [0.1, 0.15) is 24.0 Å². The number of alkyl halides is 3. The molecule has 1 N–H and O–H groups in total. The number of sulfonamides is 1. The number of ether oxygens (including phenoxy) is 1. The first-order valence-corrected chi connectivity index (χ1v) is 13.2. The molecule has 0 unspecified atom stereocenters. The van der Waals surface area contributed by atoms with Crippen LogP contribution in [0.15, 0.2) is 64.9 Å². The third kappa shape index (κ3) is 5.80. The third-order valence-electron chi connectivity index (χ3n) is 5.40. The molecule has 0 saturated carbocycles. The van der Waals surface area contributed by atoms with Gasteiger partial charge in [0.15, 0.2) is 0 Å². The highest BCUT2D eigenvalue weighted by Crippen LogP contribution is 2.38. The number of nitrogens with zero attached hydrogens (tertiary/aromatic N) is 1. The second kappa shape index (κ2) is 10.2. The summed E-state index contributed by atoms with van der Waals surface area (Å²) in [6, 6.07) is 13.2. The number of benzene rings is 2. The summed E-state index contributed by atoms with van der Waals surface area (Å²) in [5.41, 5.74) is -0.314. The number of halogens is 4. The van der Waals surface area contributed by atoms with Gasteiger partial charge in [-0.3, -0.25) is 4.79 Å². The predicted molar refractivity (Wildman–Crippen MR) is 126 cm³/mol. The summed E-state index contributed by atoms with van der Waals surface area (Å²) < 4.78 is 72.7. The normalized spacial score (nSPS) is 16.9. The largest absolute Gasteiger partial charge is 0.457 e. The van der Waals surface area contributed by atoms with Gasteiger partial charge in [0.25, 0.3) is 10.0 Å². The van der Waals surface area contributed by atoms with Crippen molar-refractivity contribution in [2.45, 2.75) is 35.8 Å². The summed E-state index contributed by atoms with van der Waals surface area (Å²) in [6.07, 6.45) is -3.65. The van der Waals surface area contributed by atoms with Gasteiger partial charge in [-0.1, -0.05) is 35.9 Å². The molecule has 12 heteroatoms. The molecule has 2 aromatic carbocycles. The molecule has 2 heterocycles. The fraction of sp³-hybridized carbons (Fsp3) is 0.261. The molecule has 0 aliphatic carbocycles. The first-order chi connectivity index (χ1) is 16.6. The average molecular weight is 545 g/mol. The van der Waals surface area contributed by atoms with Crippen LogP contribution < -0.4 is 10.1 Å². The third-order valence-corrected chi connectivity index (χ3v) is 9.01. The van der Waals surface area contributed by atoms with Crippen molar-refractivity contribution >= 4 is 38.9 Å². The molecule has 1 aliphatic heterocycles. The topological polar surface area (TPSA) is 75.7 Å². The molecule has 1 amide bonds. The van der Waals surface area contributed by atoms with E-state index in [4.69, 9.17) is 16.3 Å². The Morgan fingerprint density at radius 3 is 2.63 bits per heavy atom. The van der Waals surface area contributed by atoms with E-state index in [1.807, 2.05) is 0 Å². The molecule has 3 aromatic rings. The fourth-order valence-electron chi connectivity index (χ4n) is 3.78. The molecule has 1 aromatic heterocycles. The van der Waals surface area contributed by atoms with Crippen LogP contribution in [0, 0.1) is 0 Å². The van der Waals surface area contributed by atoms with Crippen LogP contribution in [0.25, 0.3) is 0 Å². The number of thiophene rings is 1. The number of nitrogens with one attached hydrogen (secondary N) is 1. The van der Waals surface area contributed by atoms with Crippen molar-refractivity contribution in [1.29, 1.82) is 0 Å². The van der Waals surface area contributed by atoms with Crippen molar-refractivity contribution in [1.82, 2.24) is 9.62 Å². The molecule has 6 nitrogen and oxygen atoms in total. The Bertz CT molecular complexity index is 1330. The molecule has 0 spiro atoms. The summed E-state index contributed by atoms with van der Waals surface area (Å²) in [6.45, 7) is 0.268. The molecule has 186 valence electrons. The number of carbonyl (C=O) groups excluding carboxylic acids is 1. The highest BCUT2D eigenvalue weighted by atomic mass is 35.5. The van der Waals surface area contributed by atoms with Gasteiger partial charge in [0, 0.05) is 13.1 Å². The maximum Gasteiger partial charge on any atom is 0.419 e. The molecule has 4 rings (SSSR count). The highest BCUT2D eigenvalue weighted by Gasteiger charge is 2.40. The van der Waals surface area contributed by atoms with E-state index in [-0.39, 0.29) is 28.8 Å². The minimum absolute atomic E-state index is 0.0478. The van der Waals surface area contributed by atoms with E-state index in [0.29, 0.717) is 22.7 Å². The molecular weight excluding hydrogens is 525 g/mol. The Morgan fingerprint density at radius 1 is 1.14 bits per heavy atom. The van der Waals surface area contributed by atoms with E-state index in [1.54, 1.807) is 12.1 Å². The Balaban J connectivity index is 1.43. The lowest BCUT2D eigenvalue weighted by molar-refractivity contribution is -0.138. The fourth-order valence-corrected chi connectivity index (χ4v) is 7.05. The molecule has 0 bridgehead atoms. The van der Waals surface area contributed by atoms with Crippen LogP contribution in [0.3, 0.4) is 0 Å². The summed E-state index contributed by atoms with van der Waals surface area (Å²) in [5, 5.41) is 2.72. The van der Waals surface area contributed by atoms with Gasteiger partial charge in [-0.2, -0.15) is 17.5 Å². The van der Waals surface area contributed by atoms with Crippen molar-refractivity contribution in [2.75, 3.05) is 6.54 Å². The standard InChI is InChI=1S/C23H20ClF3N2O4S2/c24-20-10-11-21(34-20)35(31,32)29-12-4-8-18(29)22(30)28-14-15-5-3-6-16(13-15)33-19-9-2-1-7-17(19)23(25,26)27/h1-3,5-7,9-11,13,18H,4,8,12,14H2,(H,28,30)/t18-/m0/s1. The van der Waals surface area contributed by atoms with Gasteiger partial charge < -0.3 is 10.1 Å². The molecule has 1 atom stereocenters. The molecule has 1 aliphatic rings. The molecule has 35 heavy (non-hydrogen) atoms. The maximum absolute atomic E-state index is 13.2. The van der Waals surface area contributed by atoms with Crippen molar-refractivity contribution < 1.29 is 31.1 Å². The van der Waals surface area contributed by atoms with Gasteiger partial charge in [-0.15, -0.1) is 11.3 Å². The lowest BCUT2D eigenvalue weighted by atomic mass is 10.1. The molecule has 0 radical (unpaired) electrons. The number of hydrogen-bond acceptors (Lipinski definition) is 5. The van der Waals surface area contributed by atoms with Crippen molar-refractivity contribution in [3.05, 3.63) is 76.1 Å². The van der Waals surface area contributed by atoms with E-state index >= 15 is 0 Å². The van der Waals surface area contributed by atoms with Gasteiger partial charge in [0.05, 0.1) is 9.90 Å². The Kier molecular flexibility index (Phi) is 7.41. The maximum atomic E-state index is 13.2. The van der Waals surface area contributed by atoms with Crippen LogP contribution in [-0.4, -0.2) is 31.2 Å². The van der Waals surface area contributed by atoms with Crippen LogP contribution >= 0.6 is 22.9 Å². The van der Waals surface area contributed by atoms with Crippen molar-refractivity contribution in [3.63, 3.8) is 0 Å². The molecular formula is C23H20ClF3N2O4S2. The van der Waals surface area contributed by atoms with Gasteiger partial charge >= 0.3 is 6.18 Å². The first-order valence-electron chi connectivity index (χ1n) is 10.5. The van der Waals surface area contributed by atoms with E-state index in [9.17, 15) is 26.4 Å². The molecule has 1 saturated heterocycles. The van der Waals surface area contributed by atoms with E-state index < -0.39 is 33.7 Å². The molecule has 1 fully saturated rings. The zero-order chi connectivity index (χ0) is 25.2. The van der Waals surface area contributed by atoms with Gasteiger partial charge in [-0.25, -0.2) is 8.42 Å². The van der Waals surface area contributed by atoms with Crippen LogP contribution in [-0.2, 0) is 27.5 Å². The lowest BCUT2D eigenvalue weighted by Gasteiger charge is -2.22. The average Bonchev–Trinajstić information content (AvgIpc) is 3.48. The van der Waals surface area contributed by atoms with Gasteiger partial charge in [0.2, 0.25) is 5.91 Å². The van der Waals surface area contributed by atoms with Crippen LogP contribution in [0.2, 0.25) is 4.34 Å². The van der Waals surface area contributed by atoms with Crippen LogP contribution in [0.4, 0.5) is 13.2 Å². The number of para-hydroxylation sites is 1. The van der Waals surface area contributed by atoms with Gasteiger partial charge in [-0.05, 0) is 54.8 Å².